The normalized spacial score (nSPS) is 37.7. The summed E-state index contributed by atoms with van der Waals surface area (Å²) in [6.45, 7) is 7.68. The zero-order chi connectivity index (χ0) is 10.6. The molecule has 4 atom stereocenters. The first-order valence-corrected chi connectivity index (χ1v) is 5.58. The highest BCUT2D eigenvalue weighted by Crippen LogP contribution is 2.30. The number of hydrogen-bond donors (Lipinski definition) is 1. The van der Waals surface area contributed by atoms with Gasteiger partial charge in [-0.15, -0.1) is 0 Å². The highest BCUT2D eigenvalue weighted by Gasteiger charge is 2.37. The first-order chi connectivity index (χ1) is 6.66. The molecule has 0 bridgehead atoms. The fraction of sp³-hybridized carbons (Fsp3) is 1.00. The van der Waals surface area contributed by atoms with Crippen molar-refractivity contribution in [2.24, 2.45) is 11.8 Å². The summed E-state index contributed by atoms with van der Waals surface area (Å²) >= 11 is 0. The van der Waals surface area contributed by atoms with Crippen molar-refractivity contribution in [1.82, 2.24) is 0 Å². The Hall–Kier alpha value is -0.120. The van der Waals surface area contributed by atoms with Crippen LogP contribution in [0.15, 0.2) is 0 Å². The monoisotopic (exact) mass is 202 g/mol. The Balaban J connectivity index is 2.19. The van der Waals surface area contributed by atoms with Crippen LogP contribution in [-0.4, -0.2) is 30.7 Å². The third kappa shape index (κ3) is 2.94. The molecule has 0 aromatic carbocycles. The van der Waals surface area contributed by atoms with Crippen LogP contribution in [0.3, 0.4) is 0 Å². The molecule has 0 aromatic rings. The Kier molecular flexibility index (Phi) is 4.85. The van der Waals surface area contributed by atoms with E-state index in [1.807, 2.05) is 6.92 Å². The predicted molar refractivity (Wildman–Crippen MR) is 54.9 cm³/mol. The summed E-state index contributed by atoms with van der Waals surface area (Å²) in [5, 5.41) is 9.46. The zero-order valence-electron chi connectivity index (χ0n) is 9.40. The molecule has 1 aliphatic heterocycles. The van der Waals surface area contributed by atoms with Gasteiger partial charge in [-0.3, -0.25) is 0 Å². The van der Waals surface area contributed by atoms with Crippen LogP contribution in [0.25, 0.3) is 0 Å². The van der Waals surface area contributed by atoms with Gasteiger partial charge in [0, 0.05) is 12.5 Å². The third-order valence-corrected chi connectivity index (χ3v) is 3.10. The predicted octanol–water partition coefficient (Wildman–Crippen LogP) is 1.79. The minimum Gasteiger partial charge on any atom is -0.379 e. The number of rotatable bonds is 5. The largest absolute Gasteiger partial charge is 0.379 e. The second-order valence-electron chi connectivity index (χ2n) is 4.21. The number of aliphatic hydroxyl groups excluding tert-OH is 1. The van der Waals surface area contributed by atoms with Gasteiger partial charge < -0.3 is 14.6 Å². The minimum absolute atomic E-state index is 0.0665. The topological polar surface area (TPSA) is 38.7 Å². The SMILES string of the molecule is CCCCOC[C@H]1OC(O)[C@H](C)[C@@H]1C. The van der Waals surface area contributed by atoms with E-state index < -0.39 is 6.29 Å². The summed E-state index contributed by atoms with van der Waals surface area (Å²) in [5.74, 6) is 0.599. The molecular formula is C11H22O3. The Morgan fingerprint density at radius 2 is 2.00 bits per heavy atom. The molecule has 1 rings (SSSR count). The average Bonchev–Trinajstić information content (AvgIpc) is 2.41. The lowest BCUT2D eigenvalue weighted by molar-refractivity contribution is -0.121. The molecule has 84 valence electrons. The molecule has 0 aromatic heterocycles. The highest BCUT2D eigenvalue weighted by molar-refractivity contribution is 4.80. The van der Waals surface area contributed by atoms with Crippen LogP contribution in [0.1, 0.15) is 33.6 Å². The van der Waals surface area contributed by atoms with Gasteiger partial charge in [0.15, 0.2) is 6.29 Å². The lowest BCUT2D eigenvalue weighted by Gasteiger charge is -2.15. The van der Waals surface area contributed by atoms with Gasteiger partial charge in [-0.1, -0.05) is 27.2 Å². The Bertz CT molecular complexity index is 161. The molecule has 0 saturated carbocycles. The second kappa shape index (κ2) is 5.69. The smallest absolute Gasteiger partial charge is 0.157 e. The molecule has 3 heteroatoms. The van der Waals surface area contributed by atoms with Gasteiger partial charge in [-0.25, -0.2) is 0 Å². The highest BCUT2D eigenvalue weighted by atomic mass is 16.6. The molecule has 1 aliphatic rings. The molecule has 0 amide bonds. The van der Waals surface area contributed by atoms with Crippen molar-refractivity contribution in [2.45, 2.75) is 46.0 Å². The Morgan fingerprint density at radius 3 is 2.50 bits per heavy atom. The maximum atomic E-state index is 9.46. The van der Waals surface area contributed by atoms with Crippen LogP contribution >= 0.6 is 0 Å². The average molecular weight is 202 g/mol. The van der Waals surface area contributed by atoms with E-state index in [4.69, 9.17) is 9.47 Å². The summed E-state index contributed by atoms with van der Waals surface area (Å²) in [7, 11) is 0. The minimum atomic E-state index is -0.607. The molecule has 1 heterocycles. The molecular weight excluding hydrogens is 180 g/mol. The summed E-state index contributed by atoms with van der Waals surface area (Å²) in [6.07, 6.45) is 1.71. The van der Waals surface area contributed by atoms with Crippen molar-refractivity contribution < 1.29 is 14.6 Å². The van der Waals surface area contributed by atoms with Crippen molar-refractivity contribution >= 4 is 0 Å². The first-order valence-electron chi connectivity index (χ1n) is 5.58. The fourth-order valence-electron chi connectivity index (χ4n) is 1.66. The molecule has 0 radical (unpaired) electrons. The summed E-state index contributed by atoms with van der Waals surface area (Å²) in [4.78, 5) is 0. The number of unbranched alkanes of at least 4 members (excludes halogenated alkanes) is 1. The molecule has 1 fully saturated rings. The second-order valence-corrected chi connectivity index (χ2v) is 4.21. The molecule has 3 nitrogen and oxygen atoms in total. The van der Waals surface area contributed by atoms with Crippen LogP contribution in [0, 0.1) is 11.8 Å². The van der Waals surface area contributed by atoms with E-state index in [9.17, 15) is 5.11 Å². The fourth-order valence-corrected chi connectivity index (χ4v) is 1.66. The molecule has 1 N–H and O–H groups in total. The van der Waals surface area contributed by atoms with Gasteiger partial charge in [0.05, 0.1) is 12.7 Å². The zero-order valence-corrected chi connectivity index (χ0v) is 9.40. The maximum Gasteiger partial charge on any atom is 0.157 e. The standard InChI is InChI=1S/C11H22O3/c1-4-5-6-13-7-10-8(2)9(3)11(12)14-10/h8-12H,4-7H2,1-3H3/t8-,9+,10+,11?/m0/s1. The van der Waals surface area contributed by atoms with Gasteiger partial charge >= 0.3 is 0 Å². The van der Waals surface area contributed by atoms with Gasteiger partial charge in [-0.05, 0) is 12.3 Å². The van der Waals surface area contributed by atoms with Crippen molar-refractivity contribution in [3.8, 4) is 0 Å². The number of hydrogen-bond acceptors (Lipinski definition) is 3. The summed E-state index contributed by atoms with van der Waals surface area (Å²) in [5.41, 5.74) is 0. The van der Waals surface area contributed by atoms with Gasteiger partial charge in [0.1, 0.15) is 0 Å². The Morgan fingerprint density at radius 1 is 1.29 bits per heavy atom. The van der Waals surface area contributed by atoms with E-state index >= 15 is 0 Å². The number of aliphatic hydroxyl groups is 1. The van der Waals surface area contributed by atoms with E-state index in [0.29, 0.717) is 12.5 Å². The lowest BCUT2D eigenvalue weighted by Crippen LogP contribution is -2.22. The van der Waals surface area contributed by atoms with Gasteiger partial charge in [-0.2, -0.15) is 0 Å². The lowest BCUT2D eigenvalue weighted by atomic mass is 9.94. The van der Waals surface area contributed by atoms with E-state index in [-0.39, 0.29) is 12.0 Å². The first kappa shape index (κ1) is 12.0. The summed E-state index contributed by atoms with van der Waals surface area (Å²) in [6, 6.07) is 0. The quantitative estimate of drug-likeness (QED) is 0.691. The molecule has 0 spiro atoms. The Labute approximate surface area is 86.4 Å². The molecule has 1 unspecified atom stereocenters. The summed E-state index contributed by atoms with van der Waals surface area (Å²) < 4.78 is 10.9. The van der Waals surface area contributed by atoms with Gasteiger partial charge in [0.2, 0.25) is 0 Å². The maximum absolute atomic E-state index is 9.46. The van der Waals surface area contributed by atoms with Crippen molar-refractivity contribution in [1.29, 1.82) is 0 Å². The van der Waals surface area contributed by atoms with Crippen molar-refractivity contribution in [3.05, 3.63) is 0 Å². The van der Waals surface area contributed by atoms with E-state index in [1.54, 1.807) is 0 Å². The van der Waals surface area contributed by atoms with Gasteiger partial charge in [0.25, 0.3) is 0 Å². The molecule has 1 saturated heterocycles. The van der Waals surface area contributed by atoms with Crippen LogP contribution in [0.5, 0.6) is 0 Å². The van der Waals surface area contributed by atoms with Crippen LogP contribution in [0.4, 0.5) is 0 Å². The van der Waals surface area contributed by atoms with Crippen LogP contribution < -0.4 is 0 Å². The van der Waals surface area contributed by atoms with Crippen molar-refractivity contribution in [3.63, 3.8) is 0 Å². The molecule has 14 heavy (non-hydrogen) atoms. The van der Waals surface area contributed by atoms with E-state index in [0.717, 1.165) is 19.4 Å². The van der Waals surface area contributed by atoms with E-state index in [2.05, 4.69) is 13.8 Å². The van der Waals surface area contributed by atoms with Crippen LogP contribution in [0.2, 0.25) is 0 Å². The third-order valence-electron chi connectivity index (χ3n) is 3.10. The van der Waals surface area contributed by atoms with Crippen molar-refractivity contribution in [2.75, 3.05) is 13.2 Å². The number of ether oxygens (including phenoxy) is 2. The molecule has 0 aliphatic carbocycles. The van der Waals surface area contributed by atoms with E-state index in [1.165, 1.54) is 0 Å². The van der Waals surface area contributed by atoms with Crippen LogP contribution in [-0.2, 0) is 9.47 Å².